The van der Waals surface area contributed by atoms with Crippen LogP contribution in [0.4, 0.5) is 0 Å². The summed E-state index contributed by atoms with van der Waals surface area (Å²) in [6, 6.07) is 15.4. The molecule has 2 aromatic rings. The van der Waals surface area contributed by atoms with Crippen molar-refractivity contribution in [3.8, 4) is 5.75 Å². The van der Waals surface area contributed by atoms with Crippen LogP contribution >= 0.6 is 11.8 Å². The highest BCUT2D eigenvalue weighted by Gasteiger charge is 2.21. The number of nitrogens with one attached hydrogen (secondary N) is 1. The number of rotatable bonds is 5. The lowest BCUT2D eigenvalue weighted by Gasteiger charge is -2.19. The van der Waals surface area contributed by atoms with Crippen molar-refractivity contribution >= 4 is 11.8 Å². The molecule has 0 aromatic heterocycles. The SMILES string of the molecule is CNC(CSc1ccccc1C)c1cccc2c1OCC2. The number of thioether (sulfide) groups is 1. The van der Waals surface area contributed by atoms with Crippen molar-refractivity contribution < 1.29 is 4.74 Å². The predicted molar refractivity (Wildman–Crippen MR) is 89.3 cm³/mol. The summed E-state index contributed by atoms with van der Waals surface area (Å²) in [6.45, 7) is 2.98. The van der Waals surface area contributed by atoms with Crippen LogP contribution in [0.1, 0.15) is 22.7 Å². The minimum atomic E-state index is 0.308. The molecule has 0 amide bonds. The Morgan fingerprint density at radius 3 is 2.86 bits per heavy atom. The minimum Gasteiger partial charge on any atom is -0.493 e. The Balaban J connectivity index is 1.77. The Morgan fingerprint density at radius 1 is 1.19 bits per heavy atom. The molecule has 2 nitrogen and oxygen atoms in total. The van der Waals surface area contributed by atoms with Crippen LogP contribution in [0.3, 0.4) is 0 Å². The molecule has 110 valence electrons. The maximum absolute atomic E-state index is 5.84. The quantitative estimate of drug-likeness (QED) is 0.844. The molecule has 3 rings (SSSR count). The summed E-state index contributed by atoms with van der Waals surface area (Å²) in [4.78, 5) is 1.35. The zero-order valence-electron chi connectivity index (χ0n) is 12.6. The largest absolute Gasteiger partial charge is 0.493 e. The van der Waals surface area contributed by atoms with Crippen LogP contribution in [-0.2, 0) is 6.42 Å². The molecule has 1 atom stereocenters. The molecule has 0 bridgehead atoms. The topological polar surface area (TPSA) is 21.3 Å². The van der Waals surface area contributed by atoms with Crippen LogP contribution in [0.5, 0.6) is 5.75 Å². The first-order valence-corrected chi connectivity index (χ1v) is 8.38. The molecule has 0 fully saturated rings. The molecule has 1 heterocycles. The van der Waals surface area contributed by atoms with E-state index in [1.807, 2.05) is 18.8 Å². The number of para-hydroxylation sites is 1. The van der Waals surface area contributed by atoms with Crippen LogP contribution in [0.15, 0.2) is 47.4 Å². The highest BCUT2D eigenvalue weighted by atomic mass is 32.2. The molecule has 0 aliphatic carbocycles. The van der Waals surface area contributed by atoms with E-state index in [0.29, 0.717) is 6.04 Å². The Kier molecular flexibility index (Phi) is 4.51. The zero-order chi connectivity index (χ0) is 14.7. The van der Waals surface area contributed by atoms with Gasteiger partial charge < -0.3 is 10.1 Å². The van der Waals surface area contributed by atoms with Crippen molar-refractivity contribution in [2.75, 3.05) is 19.4 Å². The smallest absolute Gasteiger partial charge is 0.127 e. The second-order valence-corrected chi connectivity index (χ2v) is 6.41. The fraction of sp³-hybridized carbons (Fsp3) is 0.333. The van der Waals surface area contributed by atoms with Crippen LogP contribution < -0.4 is 10.1 Å². The van der Waals surface area contributed by atoms with Gasteiger partial charge in [0.25, 0.3) is 0 Å². The Morgan fingerprint density at radius 2 is 2.05 bits per heavy atom. The number of hydrogen-bond acceptors (Lipinski definition) is 3. The van der Waals surface area contributed by atoms with Crippen LogP contribution in [0.25, 0.3) is 0 Å². The molecule has 1 unspecified atom stereocenters. The number of hydrogen-bond donors (Lipinski definition) is 1. The normalized spacial score (nSPS) is 14.6. The van der Waals surface area contributed by atoms with Crippen molar-refractivity contribution in [2.24, 2.45) is 0 Å². The minimum absolute atomic E-state index is 0.308. The molecule has 1 N–H and O–H groups in total. The summed E-state index contributed by atoms with van der Waals surface area (Å²) in [5.41, 5.74) is 3.97. The van der Waals surface area contributed by atoms with Gasteiger partial charge in [0.2, 0.25) is 0 Å². The lowest BCUT2D eigenvalue weighted by molar-refractivity contribution is 0.350. The van der Waals surface area contributed by atoms with E-state index < -0.39 is 0 Å². The molecular weight excluding hydrogens is 278 g/mol. The third kappa shape index (κ3) is 3.09. The third-order valence-corrected chi connectivity index (χ3v) is 5.24. The van der Waals surface area contributed by atoms with E-state index in [9.17, 15) is 0 Å². The summed E-state index contributed by atoms with van der Waals surface area (Å²) < 4.78 is 5.84. The Labute approximate surface area is 130 Å². The van der Waals surface area contributed by atoms with Gasteiger partial charge in [-0.05, 0) is 31.2 Å². The van der Waals surface area contributed by atoms with Gasteiger partial charge >= 0.3 is 0 Å². The first-order chi connectivity index (χ1) is 10.3. The van der Waals surface area contributed by atoms with Gasteiger partial charge in [-0.1, -0.05) is 36.4 Å². The van der Waals surface area contributed by atoms with Gasteiger partial charge in [0.15, 0.2) is 0 Å². The van der Waals surface area contributed by atoms with Gasteiger partial charge in [0, 0.05) is 28.7 Å². The molecule has 0 spiro atoms. The molecule has 0 saturated carbocycles. The van der Waals surface area contributed by atoms with Crippen LogP contribution in [0.2, 0.25) is 0 Å². The summed E-state index contributed by atoms with van der Waals surface area (Å²) >= 11 is 1.90. The summed E-state index contributed by atoms with van der Waals surface area (Å²) in [5.74, 6) is 2.10. The van der Waals surface area contributed by atoms with E-state index in [2.05, 4.69) is 54.7 Å². The standard InChI is InChI=1S/C18H21NOS/c1-13-6-3-4-9-17(13)21-12-16(19-2)15-8-5-7-14-10-11-20-18(14)15/h3-9,16,19H,10-12H2,1-2H3. The molecule has 0 saturated heterocycles. The Hall–Kier alpha value is -1.45. The highest BCUT2D eigenvalue weighted by molar-refractivity contribution is 7.99. The zero-order valence-corrected chi connectivity index (χ0v) is 13.4. The van der Waals surface area contributed by atoms with Crippen molar-refractivity contribution in [2.45, 2.75) is 24.3 Å². The van der Waals surface area contributed by atoms with Gasteiger partial charge in [-0.15, -0.1) is 11.8 Å². The molecule has 2 aromatic carbocycles. The number of fused-ring (bicyclic) bond motifs is 1. The number of benzene rings is 2. The molecule has 1 aliphatic rings. The summed E-state index contributed by atoms with van der Waals surface area (Å²) in [6.07, 6.45) is 1.03. The van der Waals surface area contributed by atoms with Crippen molar-refractivity contribution in [1.29, 1.82) is 0 Å². The van der Waals surface area contributed by atoms with E-state index in [1.165, 1.54) is 21.6 Å². The number of aryl methyl sites for hydroxylation is 1. The monoisotopic (exact) mass is 299 g/mol. The van der Waals surface area contributed by atoms with E-state index in [0.717, 1.165) is 24.5 Å². The van der Waals surface area contributed by atoms with E-state index >= 15 is 0 Å². The average molecular weight is 299 g/mol. The molecule has 21 heavy (non-hydrogen) atoms. The van der Waals surface area contributed by atoms with E-state index in [1.54, 1.807) is 0 Å². The Bertz CT molecular complexity index is 626. The van der Waals surface area contributed by atoms with Crippen LogP contribution in [0, 0.1) is 6.92 Å². The molecule has 0 radical (unpaired) electrons. The van der Waals surface area contributed by atoms with Gasteiger partial charge in [0.1, 0.15) is 5.75 Å². The summed E-state index contributed by atoms with van der Waals surface area (Å²) in [5, 5.41) is 3.44. The first kappa shape index (κ1) is 14.5. The van der Waals surface area contributed by atoms with Gasteiger partial charge in [-0.3, -0.25) is 0 Å². The fourth-order valence-electron chi connectivity index (χ4n) is 2.74. The highest BCUT2D eigenvalue weighted by Crippen LogP contribution is 2.36. The predicted octanol–water partition coefficient (Wildman–Crippen LogP) is 3.98. The van der Waals surface area contributed by atoms with Crippen molar-refractivity contribution in [3.63, 3.8) is 0 Å². The third-order valence-electron chi connectivity index (χ3n) is 3.97. The maximum atomic E-state index is 5.84. The van der Waals surface area contributed by atoms with Gasteiger partial charge in [0.05, 0.1) is 6.61 Å². The first-order valence-electron chi connectivity index (χ1n) is 7.40. The second kappa shape index (κ2) is 6.54. The van der Waals surface area contributed by atoms with Crippen molar-refractivity contribution in [3.05, 3.63) is 59.2 Å². The van der Waals surface area contributed by atoms with Gasteiger partial charge in [-0.25, -0.2) is 0 Å². The summed E-state index contributed by atoms with van der Waals surface area (Å²) in [7, 11) is 2.03. The van der Waals surface area contributed by atoms with Crippen molar-refractivity contribution in [1.82, 2.24) is 5.32 Å². The molecular formula is C18H21NOS. The van der Waals surface area contributed by atoms with Crippen LogP contribution in [-0.4, -0.2) is 19.4 Å². The second-order valence-electron chi connectivity index (χ2n) is 5.35. The number of ether oxygens (including phenoxy) is 1. The maximum Gasteiger partial charge on any atom is 0.127 e. The fourth-order valence-corrected chi connectivity index (χ4v) is 3.90. The lowest BCUT2D eigenvalue weighted by atomic mass is 10.0. The lowest BCUT2D eigenvalue weighted by Crippen LogP contribution is -2.19. The average Bonchev–Trinajstić information content (AvgIpc) is 2.98. The molecule has 1 aliphatic heterocycles. The van der Waals surface area contributed by atoms with E-state index in [-0.39, 0.29) is 0 Å². The van der Waals surface area contributed by atoms with Gasteiger partial charge in [-0.2, -0.15) is 0 Å². The molecule has 3 heteroatoms. The van der Waals surface area contributed by atoms with E-state index in [4.69, 9.17) is 4.74 Å².